The molecule has 0 bridgehead atoms. The van der Waals surface area contributed by atoms with Crippen LogP contribution < -0.4 is 21.7 Å². The zero-order valence-electron chi connectivity index (χ0n) is 18.9. The molecule has 0 fully saturated rings. The second-order valence-electron chi connectivity index (χ2n) is 8.63. The van der Waals surface area contributed by atoms with Gasteiger partial charge in [-0.3, -0.25) is 19.2 Å². The maximum atomic E-state index is 11.9. The van der Waals surface area contributed by atoms with E-state index in [1.807, 2.05) is 34.6 Å². The number of rotatable bonds is 15. The molecule has 10 heteroatoms. The van der Waals surface area contributed by atoms with Crippen molar-refractivity contribution in [1.29, 1.82) is 0 Å². The first-order valence-electron chi connectivity index (χ1n) is 10.2. The molecule has 5 N–H and O–H groups in total. The van der Waals surface area contributed by atoms with E-state index in [1.165, 1.54) is 0 Å². The van der Waals surface area contributed by atoms with Gasteiger partial charge in [0.1, 0.15) is 6.61 Å². The number of unbranched alkanes of at least 4 members (excludes halogenated alkanes) is 2. The standard InChI is InChI=1S/C20H38N4O6/c1-19(2,3)30-14-20(4,5)29-13-18(28)22-10-8-6-7-9-16(26)24-12-17(27)23-11-15(21)25/h6-14H2,1-5H3,(H2,21,25)(H,22,28)(H,23,27)(H,24,26). The Morgan fingerprint density at radius 2 is 1.40 bits per heavy atom. The van der Waals surface area contributed by atoms with Gasteiger partial charge in [0.05, 0.1) is 30.9 Å². The summed E-state index contributed by atoms with van der Waals surface area (Å²) in [6, 6.07) is 0. The summed E-state index contributed by atoms with van der Waals surface area (Å²) in [5.41, 5.74) is 4.08. The van der Waals surface area contributed by atoms with Gasteiger partial charge in [-0.15, -0.1) is 0 Å². The molecule has 174 valence electrons. The van der Waals surface area contributed by atoms with E-state index in [0.29, 0.717) is 19.6 Å². The van der Waals surface area contributed by atoms with Gasteiger partial charge in [0.25, 0.3) is 0 Å². The number of hydrogen-bond donors (Lipinski definition) is 4. The molecule has 0 aromatic rings. The van der Waals surface area contributed by atoms with E-state index in [0.717, 1.165) is 12.8 Å². The van der Waals surface area contributed by atoms with Crippen molar-refractivity contribution in [3.05, 3.63) is 0 Å². The van der Waals surface area contributed by atoms with Crippen LogP contribution in [0.4, 0.5) is 0 Å². The smallest absolute Gasteiger partial charge is 0.246 e. The van der Waals surface area contributed by atoms with E-state index in [9.17, 15) is 19.2 Å². The Hall–Kier alpha value is -2.20. The molecule has 0 aliphatic rings. The summed E-state index contributed by atoms with van der Waals surface area (Å²) < 4.78 is 11.3. The number of ether oxygens (including phenoxy) is 2. The van der Waals surface area contributed by atoms with Crippen LogP contribution in [0.15, 0.2) is 0 Å². The topological polar surface area (TPSA) is 149 Å². The number of carbonyl (C=O) groups excluding carboxylic acids is 4. The minimum atomic E-state index is -0.647. The first kappa shape index (κ1) is 27.8. The SMILES string of the molecule is CC(C)(C)OCC(C)(C)OCC(=O)NCCCCCC(=O)NCC(=O)NCC(N)=O. The Kier molecular flexibility index (Phi) is 12.9. The molecule has 0 aliphatic heterocycles. The minimum absolute atomic E-state index is 0.0409. The molecule has 0 atom stereocenters. The first-order chi connectivity index (χ1) is 13.8. The van der Waals surface area contributed by atoms with Crippen LogP contribution in [0.5, 0.6) is 0 Å². The Morgan fingerprint density at radius 1 is 0.767 bits per heavy atom. The molecular formula is C20H38N4O6. The second-order valence-corrected chi connectivity index (χ2v) is 8.63. The molecule has 0 radical (unpaired) electrons. The van der Waals surface area contributed by atoms with Crippen molar-refractivity contribution < 1.29 is 28.7 Å². The van der Waals surface area contributed by atoms with E-state index < -0.39 is 17.4 Å². The predicted octanol–water partition coefficient (Wildman–Crippen LogP) is -0.00900. The summed E-state index contributed by atoms with van der Waals surface area (Å²) in [6.07, 6.45) is 2.41. The largest absolute Gasteiger partial charge is 0.373 e. The molecule has 0 aromatic carbocycles. The lowest BCUT2D eigenvalue weighted by Gasteiger charge is -2.29. The summed E-state index contributed by atoms with van der Waals surface area (Å²) in [5.74, 6) is -1.56. The molecule has 0 saturated heterocycles. The second kappa shape index (κ2) is 13.9. The minimum Gasteiger partial charge on any atom is -0.373 e. The Labute approximate surface area is 179 Å². The van der Waals surface area contributed by atoms with E-state index in [-0.39, 0.29) is 43.5 Å². The van der Waals surface area contributed by atoms with Crippen LogP contribution >= 0.6 is 0 Å². The molecular weight excluding hydrogens is 392 g/mol. The van der Waals surface area contributed by atoms with E-state index in [2.05, 4.69) is 16.0 Å². The van der Waals surface area contributed by atoms with Crippen LogP contribution in [0.2, 0.25) is 0 Å². The fourth-order valence-electron chi connectivity index (χ4n) is 2.07. The van der Waals surface area contributed by atoms with Gasteiger partial charge in [-0.25, -0.2) is 0 Å². The van der Waals surface area contributed by atoms with E-state index >= 15 is 0 Å². The quantitative estimate of drug-likeness (QED) is 0.269. The lowest BCUT2D eigenvalue weighted by atomic mass is 10.1. The summed E-state index contributed by atoms with van der Waals surface area (Å²) >= 11 is 0. The molecule has 10 nitrogen and oxygen atoms in total. The van der Waals surface area contributed by atoms with E-state index in [4.69, 9.17) is 15.2 Å². The molecule has 0 saturated carbocycles. The normalized spacial score (nSPS) is 11.6. The number of hydrogen-bond acceptors (Lipinski definition) is 6. The summed E-state index contributed by atoms with van der Waals surface area (Å²) in [5, 5.41) is 7.53. The van der Waals surface area contributed by atoms with Crippen LogP contribution in [0, 0.1) is 0 Å². The van der Waals surface area contributed by atoms with Crippen molar-refractivity contribution in [2.24, 2.45) is 5.73 Å². The highest BCUT2D eigenvalue weighted by Crippen LogP contribution is 2.15. The maximum absolute atomic E-state index is 11.9. The van der Waals surface area contributed by atoms with Gasteiger partial charge in [0.2, 0.25) is 23.6 Å². The molecule has 4 amide bonds. The molecule has 0 unspecified atom stereocenters. The Morgan fingerprint density at radius 3 is 2.00 bits per heavy atom. The number of nitrogens with one attached hydrogen (secondary N) is 3. The lowest BCUT2D eigenvalue weighted by molar-refractivity contribution is -0.141. The summed E-state index contributed by atoms with van der Waals surface area (Å²) in [6.45, 7) is 10.0. The number of primary amides is 1. The van der Waals surface area contributed by atoms with Crippen LogP contribution in [0.1, 0.15) is 60.3 Å². The van der Waals surface area contributed by atoms with Crippen molar-refractivity contribution in [3.63, 3.8) is 0 Å². The van der Waals surface area contributed by atoms with Gasteiger partial charge in [0.15, 0.2) is 0 Å². The zero-order valence-corrected chi connectivity index (χ0v) is 18.9. The fourth-order valence-corrected chi connectivity index (χ4v) is 2.07. The highest BCUT2D eigenvalue weighted by Gasteiger charge is 2.23. The van der Waals surface area contributed by atoms with Gasteiger partial charge in [-0.05, 0) is 47.5 Å². The molecule has 30 heavy (non-hydrogen) atoms. The molecule has 0 spiro atoms. The average molecular weight is 431 g/mol. The number of nitrogens with two attached hydrogens (primary N) is 1. The maximum Gasteiger partial charge on any atom is 0.246 e. The van der Waals surface area contributed by atoms with Gasteiger partial charge in [-0.1, -0.05) is 6.42 Å². The predicted molar refractivity (Wildman–Crippen MR) is 112 cm³/mol. The zero-order chi connectivity index (χ0) is 23.2. The van der Waals surface area contributed by atoms with Crippen LogP contribution in [0.25, 0.3) is 0 Å². The lowest BCUT2D eigenvalue weighted by Crippen LogP contribution is -2.40. The van der Waals surface area contributed by atoms with E-state index in [1.54, 1.807) is 0 Å². The number of carbonyl (C=O) groups is 4. The molecule has 0 rings (SSSR count). The molecule has 0 aliphatic carbocycles. The van der Waals surface area contributed by atoms with Crippen molar-refractivity contribution in [2.45, 2.75) is 71.5 Å². The molecule has 0 aromatic heterocycles. The fraction of sp³-hybridized carbons (Fsp3) is 0.800. The Balaban J connectivity index is 3.73. The van der Waals surface area contributed by atoms with Gasteiger partial charge in [-0.2, -0.15) is 0 Å². The van der Waals surface area contributed by atoms with Crippen LogP contribution in [-0.4, -0.2) is 67.7 Å². The highest BCUT2D eigenvalue weighted by atomic mass is 16.6. The third kappa shape index (κ3) is 17.9. The van der Waals surface area contributed by atoms with Crippen molar-refractivity contribution in [2.75, 3.05) is 32.8 Å². The average Bonchev–Trinajstić information content (AvgIpc) is 2.63. The number of amides is 4. The third-order valence-electron chi connectivity index (χ3n) is 3.76. The monoisotopic (exact) mass is 430 g/mol. The van der Waals surface area contributed by atoms with Crippen molar-refractivity contribution in [3.8, 4) is 0 Å². The molecule has 0 heterocycles. The van der Waals surface area contributed by atoms with Crippen LogP contribution in [0.3, 0.4) is 0 Å². The summed E-state index contributed by atoms with van der Waals surface area (Å²) in [7, 11) is 0. The van der Waals surface area contributed by atoms with Gasteiger partial charge < -0.3 is 31.2 Å². The van der Waals surface area contributed by atoms with Gasteiger partial charge in [0, 0.05) is 13.0 Å². The first-order valence-corrected chi connectivity index (χ1v) is 10.2. The van der Waals surface area contributed by atoms with Gasteiger partial charge >= 0.3 is 0 Å². The van der Waals surface area contributed by atoms with Crippen molar-refractivity contribution >= 4 is 23.6 Å². The highest BCUT2D eigenvalue weighted by molar-refractivity contribution is 5.87. The van der Waals surface area contributed by atoms with Crippen molar-refractivity contribution in [1.82, 2.24) is 16.0 Å². The third-order valence-corrected chi connectivity index (χ3v) is 3.76. The summed E-state index contributed by atoms with van der Waals surface area (Å²) in [4.78, 5) is 45.4. The Bertz CT molecular complexity index is 572. The van der Waals surface area contributed by atoms with Crippen LogP contribution in [-0.2, 0) is 28.7 Å².